The standard InChI is InChI=1S/C35H38N6OS/c43-34(36-25-35(16-20-42-21-17-35)30-12-2-1-3-13-30)39-33-37-31(40-18-14-26-8-4-6-10-28(26)23-40)22-32(38-33)41-19-15-27-9-5-7-11-29(27)24-41/h1-13,22H,14-21,23-25H2,(H2,36,37,38,39,43). The second kappa shape index (κ2) is 12.3. The Morgan fingerprint density at radius 1 is 0.744 bits per heavy atom. The van der Waals surface area contributed by atoms with E-state index >= 15 is 0 Å². The maximum atomic E-state index is 5.85. The fraction of sp³-hybridized carbons (Fsp3) is 0.343. The highest BCUT2D eigenvalue weighted by molar-refractivity contribution is 7.80. The fourth-order valence-electron chi connectivity index (χ4n) is 6.70. The van der Waals surface area contributed by atoms with Gasteiger partial charge in [-0.2, -0.15) is 9.97 Å². The summed E-state index contributed by atoms with van der Waals surface area (Å²) in [5, 5.41) is 7.42. The summed E-state index contributed by atoms with van der Waals surface area (Å²) in [7, 11) is 0. The number of benzene rings is 3. The lowest BCUT2D eigenvalue weighted by atomic mass is 9.74. The summed E-state index contributed by atoms with van der Waals surface area (Å²) in [6.07, 6.45) is 3.91. The van der Waals surface area contributed by atoms with Gasteiger partial charge in [0.15, 0.2) is 5.11 Å². The van der Waals surface area contributed by atoms with Crippen LogP contribution >= 0.6 is 12.2 Å². The van der Waals surface area contributed by atoms with Crippen molar-refractivity contribution in [3.8, 4) is 0 Å². The van der Waals surface area contributed by atoms with E-state index in [1.807, 2.05) is 0 Å². The van der Waals surface area contributed by atoms with Gasteiger partial charge in [0.1, 0.15) is 11.6 Å². The molecule has 7 rings (SSSR count). The Morgan fingerprint density at radius 2 is 1.28 bits per heavy atom. The van der Waals surface area contributed by atoms with Gasteiger partial charge in [0.25, 0.3) is 0 Å². The van der Waals surface area contributed by atoms with Crippen LogP contribution in [-0.4, -0.2) is 47.9 Å². The van der Waals surface area contributed by atoms with Gasteiger partial charge in [-0.1, -0.05) is 78.9 Å². The first-order valence-electron chi connectivity index (χ1n) is 15.4. The molecule has 3 aliphatic heterocycles. The van der Waals surface area contributed by atoms with Crippen LogP contribution < -0.4 is 20.4 Å². The van der Waals surface area contributed by atoms with Crippen molar-refractivity contribution in [2.24, 2.45) is 0 Å². The fourth-order valence-corrected chi connectivity index (χ4v) is 6.86. The minimum Gasteiger partial charge on any atom is -0.381 e. The Bertz CT molecular complexity index is 1510. The van der Waals surface area contributed by atoms with Gasteiger partial charge in [0.05, 0.1) is 0 Å². The highest BCUT2D eigenvalue weighted by Crippen LogP contribution is 2.34. The summed E-state index contributed by atoms with van der Waals surface area (Å²) in [5.74, 6) is 2.38. The highest BCUT2D eigenvalue weighted by atomic mass is 32.1. The molecule has 4 aromatic rings. The van der Waals surface area contributed by atoms with Gasteiger partial charge >= 0.3 is 0 Å². The molecule has 8 heteroatoms. The molecule has 7 nitrogen and oxygen atoms in total. The Labute approximate surface area is 259 Å². The normalized spacial score (nSPS) is 17.5. The lowest BCUT2D eigenvalue weighted by Crippen LogP contribution is -2.45. The molecular formula is C35H38N6OS. The number of ether oxygens (including phenoxy) is 1. The minimum absolute atomic E-state index is 0.0263. The molecule has 0 saturated carbocycles. The molecule has 43 heavy (non-hydrogen) atoms. The third kappa shape index (κ3) is 6.08. The van der Waals surface area contributed by atoms with Gasteiger partial charge in [-0.15, -0.1) is 0 Å². The first-order valence-corrected chi connectivity index (χ1v) is 15.8. The molecule has 0 aliphatic carbocycles. The number of fused-ring (bicyclic) bond motifs is 2. The molecule has 220 valence electrons. The summed E-state index contributed by atoms with van der Waals surface area (Å²) in [6.45, 7) is 5.73. The first-order chi connectivity index (χ1) is 21.1. The number of aromatic nitrogens is 2. The molecule has 0 radical (unpaired) electrons. The molecule has 4 heterocycles. The Kier molecular flexibility index (Phi) is 7.96. The molecule has 0 atom stereocenters. The van der Waals surface area contributed by atoms with Gasteiger partial charge < -0.3 is 25.2 Å². The molecule has 1 aromatic heterocycles. The third-order valence-corrected chi connectivity index (χ3v) is 9.50. The number of hydrogen-bond acceptors (Lipinski definition) is 6. The van der Waals surface area contributed by atoms with Crippen LogP contribution in [-0.2, 0) is 36.1 Å². The molecule has 1 saturated heterocycles. The van der Waals surface area contributed by atoms with E-state index < -0.39 is 0 Å². The van der Waals surface area contributed by atoms with E-state index in [1.165, 1.54) is 27.8 Å². The molecule has 3 aromatic carbocycles. The van der Waals surface area contributed by atoms with E-state index in [1.54, 1.807) is 0 Å². The summed E-state index contributed by atoms with van der Waals surface area (Å²) in [4.78, 5) is 14.7. The topological polar surface area (TPSA) is 65.6 Å². The van der Waals surface area contributed by atoms with Crippen LogP contribution in [0.5, 0.6) is 0 Å². The lowest BCUT2D eigenvalue weighted by Gasteiger charge is -2.38. The second-order valence-corrected chi connectivity index (χ2v) is 12.3. The van der Waals surface area contributed by atoms with E-state index in [0.717, 1.165) is 83.3 Å². The van der Waals surface area contributed by atoms with Crippen molar-refractivity contribution in [1.82, 2.24) is 15.3 Å². The molecule has 0 unspecified atom stereocenters. The van der Waals surface area contributed by atoms with Crippen LogP contribution in [0.15, 0.2) is 84.9 Å². The van der Waals surface area contributed by atoms with E-state index in [9.17, 15) is 0 Å². The van der Waals surface area contributed by atoms with Crippen LogP contribution in [0.25, 0.3) is 0 Å². The van der Waals surface area contributed by atoms with Gasteiger partial charge in [0.2, 0.25) is 5.95 Å². The van der Waals surface area contributed by atoms with E-state index in [4.69, 9.17) is 26.9 Å². The first kappa shape index (κ1) is 27.8. The minimum atomic E-state index is -0.0263. The van der Waals surface area contributed by atoms with Crippen molar-refractivity contribution in [1.29, 1.82) is 0 Å². The molecule has 0 amide bonds. The smallest absolute Gasteiger partial charge is 0.232 e. The molecule has 3 aliphatic rings. The summed E-state index contributed by atoms with van der Waals surface area (Å²) in [5.41, 5.74) is 6.85. The van der Waals surface area contributed by atoms with Gasteiger partial charge in [-0.25, -0.2) is 0 Å². The van der Waals surface area contributed by atoms with Crippen molar-refractivity contribution in [3.63, 3.8) is 0 Å². The Morgan fingerprint density at radius 3 is 1.86 bits per heavy atom. The largest absolute Gasteiger partial charge is 0.381 e. The molecule has 1 fully saturated rings. The van der Waals surface area contributed by atoms with E-state index in [0.29, 0.717) is 11.1 Å². The number of anilines is 3. The van der Waals surface area contributed by atoms with Gasteiger partial charge in [-0.3, -0.25) is 0 Å². The summed E-state index contributed by atoms with van der Waals surface area (Å²) in [6, 6.07) is 30.3. The molecule has 2 N–H and O–H groups in total. The second-order valence-electron chi connectivity index (χ2n) is 11.9. The van der Waals surface area contributed by atoms with Crippen molar-refractivity contribution in [2.45, 2.75) is 44.2 Å². The zero-order valence-electron chi connectivity index (χ0n) is 24.5. The van der Waals surface area contributed by atoms with Crippen LogP contribution in [0, 0.1) is 0 Å². The van der Waals surface area contributed by atoms with E-state index in [2.05, 4.69) is 105 Å². The number of hydrogen-bond donors (Lipinski definition) is 2. The maximum Gasteiger partial charge on any atom is 0.232 e. The van der Waals surface area contributed by atoms with Crippen molar-refractivity contribution < 1.29 is 4.74 Å². The highest BCUT2D eigenvalue weighted by Gasteiger charge is 2.34. The lowest BCUT2D eigenvalue weighted by molar-refractivity contribution is 0.0515. The Hall–Kier alpha value is -4.01. The monoisotopic (exact) mass is 590 g/mol. The molecule has 0 bridgehead atoms. The zero-order valence-corrected chi connectivity index (χ0v) is 25.3. The number of nitrogens with one attached hydrogen (secondary N) is 2. The van der Waals surface area contributed by atoms with Crippen molar-refractivity contribution >= 4 is 34.9 Å². The van der Waals surface area contributed by atoms with E-state index in [-0.39, 0.29) is 5.41 Å². The van der Waals surface area contributed by atoms with Crippen LogP contribution in [0.2, 0.25) is 0 Å². The predicted octanol–water partition coefficient (Wildman–Crippen LogP) is 5.64. The number of rotatable bonds is 6. The summed E-state index contributed by atoms with van der Waals surface area (Å²) < 4.78 is 5.73. The maximum absolute atomic E-state index is 5.85. The average Bonchev–Trinajstić information content (AvgIpc) is 3.07. The van der Waals surface area contributed by atoms with Gasteiger partial charge in [-0.05, 0) is 65.7 Å². The SMILES string of the molecule is S=C(NCC1(c2ccccc2)CCOCC1)Nc1nc(N2CCc3ccccc3C2)cc(N2CCc3ccccc3C2)n1. The average molecular weight is 591 g/mol. The zero-order chi connectivity index (χ0) is 29.1. The number of nitrogens with zero attached hydrogens (tertiary/aromatic N) is 4. The van der Waals surface area contributed by atoms with Crippen LogP contribution in [0.1, 0.15) is 40.7 Å². The van der Waals surface area contributed by atoms with Gasteiger partial charge in [0, 0.05) is 57.4 Å². The quantitative estimate of drug-likeness (QED) is 0.280. The van der Waals surface area contributed by atoms with Crippen LogP contribution in [0.4, 0.5) is 17.6 Å². The third-order valence-electron chi connectivity index (χ3n) is 9.26. The predicted molar refractivity (Wildman–Crippen MR) is 177 cm³/mol. The van der Waals surface area contributed by atoms with Crippen molar-refractivity contribution in [3.05, 3.63) is 113 Å². The molecule has 0 spiro atoms. The molecular weight excluding hydrogens is 552 g/mol. The summed E-state index contributed by atoms with van der Waals surface area (Å²) >= 11 is 5.85. The Balaban J connectivity index is 1.13. The van der Waals surface area contributed by atoms with Crippen molar-refractivity contribution in [2.75, 3.05) is 48.0 Å². The number of thiocarbonyl (C=S) groups is 1. The van der Waals surface area contributed by atoms with Crippen LogP contribution in [0.3, 0.4) is 0 Å².